The lowest BCUT2D eigenvalue weighted by Crippen LogP contribution is -2.47. The van der Waals surface area contributed by atoms with Crippen molar-refractivity contribution < 1.29 is 4.79 Å². The highest BCUT2D eigenvalue weighted by Crippen LogP contribution is 2.26. The maximum Gasteiger partial charge on any atom is 0.237 e. The largest absolute Gasteiger partial charge is 0.348 e. The van der Waals surface area contributed by atoms with Crippen LogP contribution in [0.25, 0.3) is 0 Å². The van der Waals surface area contributed by atoms with Crippen LogP contribution in [0.5, 0.6) is 0 Å². The molecule has 108 valence electrons. The maximum absolute atomic E-state index is 12.1. The molecule has 0 aromatic carbocycles. The van der Waals surface area contributed by atoms with Gasteiger partial charge in [-0.1, -0.05) is 6.42 Å². The van der Waals surface area contributed by atoms with Crippen molar-refractivity contribution in [2.45, 2.75) is 52.1 Å². The van der Waals surface area contributed by atoms with E-state index in [2.05, 4.69) is 37.5 Å². The molecule has 0 spiro atoms. The quantitative estimate of drug-likeness (QED) is 0.901. The summed E-state index contributed by atoms with van der Waals surface area (Å²) in [6.07, 6.45) is 3.29. The molecule has 1 aliphatic heterocycles. The number of thiophene rings is 1. The first kappa shape index (κ1) is 16.5. The number of nitrogens with one attached hydrogen (secondary N) is 2. The lowest BCUT2D eigenvalue weighted by molar-refractivity contribution is -0.124. The Morgan fingerprint density at radius 2 is 2.21 bits per heavy atom. The van der Waals surface area contributed by atoms with Gasteiger partial charge in [0.25, 0.3) is 0 Å². The minimum absolute atomic E-state index is 0. The fourth-order valence-corrected chi connectivity index (χ4v) is 3.57. The first-order valence-corrected chi connectivity index (χ1v) is 7.50. The van der Waals surface area contributed by atoms with Gasteiger partial charge in [-0.15, -0.1) is 23.7 Å². The van der Waals surface area contributed by atoms with Gasteiger partial charge in [-0.2, -0.15) is 0 Å². The van der Waals surface area contributed by atoms with Crippen LogP contribution in [0, 0.1) is 13.8 Å². The molecule has 1 fully saturated rings. The number of piperidine rings is 1. The molecule has 2 atom stereocenters. The highest BCUT2D eigenvalue weighted by molar-refractivity contribution is 7.12. The van der Waals surface area contributed by atoms with Crippen LogP contribution in [0.3, 0.4) is 0 Å². The zero-order valence-corrected chi connectivity index (χ0v) is 13.4. The molecule has 2 rings (SSSR count). The van der Waals surface area contributed by atoms with Gasteiger partial charge >= 0.3 is 0 Å². The van der Waals surface area contributed by atoms with Gasteiger partial charge < -0.3 is 10.6 Å². The van der Waals surface area contributed by atoms with Gasteiger partial charge in [0.15, 0.2) is 0 Å². The molecule has 0 radical (unpaired) electrons. The van der Waals surface area contributed by atoms with E-state index in [4.69, 9.17) is 0 Å². The molecule has 3 nitrogen and oxygen atoms in total. The summed E-state index contributed by atoms with van der Waals surface area (Å²) in [5.41, 5.74) is 1.25. The monoisotopic (exact) mass is 302 g/mol. The lowest BCUT2D eigenvalue weighted by Gasteiger charge is -2.24. The number of aryl methyl sites for hydroxylation is 2. The maximum atomic E-state index is 12.1. The molecule has 1 amide bonds. The normalized spacial score (nSPS) is 20.5. The number of rotatable bonds is 3. The summed E-state index contributed by atoms with van der Waals surface area (Å²) in [6.45, 7) is 7.26. The molecule has 0 bridgehead atoms. The molecular weight excluding hydrogens is 280 g/mol. The van der Waals surface area contributed by atoms with Crippen LogP contribution >= 0.6 is 23.7 Å². The van der Waals surface area contributed by atoms with E-state index in [9.17, 15) is 4.79 Å². The Balaban J connectivity index is 0.00000180. The zero-order chi connectivity index (χ0) is 13.1. The molecule has 2 N–H and O–H groups in total. The number of carbonyl (C=O) groups excluding carboxylic acids is 1. The van der Waals surface area contributed by atoms with Crippen molar-refractivity contribution in [1.82, 2.24) is 10.6 Å². The van der Waals surface area contributed by atoms with Gasteiger partial charge in [0.1, 0.15) is 0 Å². The van der Waals surface area contributed by atoms with E-state index in [-0.39, 0.29) is 30.4 Å². The third-order valence-electron chi connectivity index (χ3n) is 3.53. The summed E-state index contributed by atoms with van der Waals surface area (Å²) < 4.78 is 0. The molecular formula is C14H23ClN2OS. The Morgan fingerprint density at radius 3 is 2.74 bits per heavy atom. The fraction of sp³-hybridized carbons (Fsp3) is 0.643. The van der Waals surface area contributed by atoms with E-state index in [1.54, 1.807) is 11.3 Å². The minimum atomic E-state index is 0. The number of halogens is 1. The molecule has 1 saturated heterocycles. The zero-order valence-electron chi connectivity index (χ0n) is 11.8. The summed E-state index contributed by atoms with van der Waals surface area (Å²) in [5, 5.41) is 6.41. The number of hydrogen-bond acceptors (Lipinski definition) is 3. The van der Waals surface area contributed by atoms with Crippen molar-refractivity contribution in [1.29, 1.82) is 0 Å². The van der Waals surface area contributed by atoms with Gasteiger partial charge in [0.2, 0.25) is 5.91 Å². The standard InChI is InChI=1S/C14H22N2OS.ClH/c1-9-8-12(11(3)18-9)10(2)16-14(17)13-6-4-5-7-15-13;/h8,10,13,15H,4-7H2,1-3H3,(H,16,17);1H/t10?,13-;/m0./s1. The second-order valence-electron chi connectivity index (χ2n) is 5.10. The van der Waals surface area contributed by atoms with Crippen molar-refractivity contribution >= 4 is 29.7 Å². The predicted octanol–water partition coefficient (Wildman–Crippen LogP) is 3.11. The van der Waals surface area contributed by atoms with Crippen LogP contribution in [0.1, 0.15) is 47.5 Å². The van der Waals surface area contributed by atoms with Crippen LogP contribution in [-0.2, 0) is 4.79 Å². The average molecular weight is 303 g/mol. The topological polar surface area (TPSA) is 41.1 Å². The number of amides is 1. The Labute approximate surface area is 125 Å². The smallest absolute Gasteiger partial charge is 0.237 e. The summed E-state index contributed by atoms with van der Waals surface area (Å²) in [5.74, 6) is 0.144. The van der Waals surface area contributed by atoms with Crippen LogP contribution in [0.4, 0.5) is 0 Å². The highest BCUT2D eigenvalue weighted by Gasteiger charge is 2.22. The van der Waals surface area contributed by atoms with Crippen molar-refractivity contribution in [2.75, 3.05) is 6.54 Å². The SMILES string of the molecule is Cc1cc(C(C)NC(=O)[C@@H]2CCCCN2)c(C)s1.Cl. The molecule has 0 saturated carbocycles. The van der Waals surface area contributed by atoms with Gasteiger partial charge in [-0.3, -0.25) is 4.79 Å². The summed E-state index contributed by atoms with van der Waals surface area (Å²) >= 11 is 1.79. The third kappa shape index (κ3) is 4.20. The predicted molar refractivity (Wildman–Crippen MR) is 83.2 cm³/mol. The number of carbonyl (C=O) groups is 1. The molecule has 19 heavy (non-hydrogen) atoms. The van der Waals surface area contributed by atoms with E-state index < -0.39 is 0 Å². The van der Waals surface area contributed by atoms with Crippen molar-refractivity contribution in [2.24, 2.45) is 0 Å². The fourth-order valence-electron chi connectivity index (χ4n) is 2.55. The molecule has 0 aliphatic carbocycles. The average Bonchev–Trinajstić information content (AvgIpc) is 2.69. The minimum Gasteiger partial charge on any atom is -0.348 e. The van der Waals surface area contributed by atoms with Gasteiger partial charge in [-0.25, -0.2) is 0 Å². The van der Waals surface area contributed by atoms with E-state index in [0.717, 1.165) is 19.4 Å². The lowest BCUT2D eigenvalue weighted by atomic mass is 10.0. The summed E-state index contributed by atoms with van der Waals surface area (Å²) in [4.78, 5) is 14.7. The van der Waals surface area contributed by atoms with E-state index in [1.807, 2.05) is 0 Å². The summed E-state index contributed by atoms with van der Waals surface area (Å²) in [6, 6.07) is 2.28. The van der Waals surface area contributed by atoms with Gasteiger partial charge in [0.05, 0.1) is 12.1 Å². The van der Waals surface area contributed by atoms with Crippen LogP contribution in [-0.4, -0.2) is 18.5 Å². The Morgan fingerprint density at radius 1 is 1.47 bits per heavy atom. The van der Waals surface area contributed by atoms with E-state index in [0.29, 0.717) is 0 Å². The van der Waals surface area contributed by atoms with Crippen molar-refractivity contribution in [3.8, 4) is 0 Å². The first-order chi connectivity index (χ1) is 8.58. The van der Waals surface area contributed by atoms with Crippen molar-refractivity contribution in [3.63, 3.8) is 0 Å². The van der Waals surface area contributed by atoms with Crippen LogP contribution in [0.15, 0.2) is 6.07 Å². The Hall–Kier alpha value is -0.580. The summed E-state index contributed by atoms with van der Waals surface area (Å²) in [7, 11) is 0. The van der Waals surface area contributed by atoms with E-state index >= 15 is 0 Å². The third-order valence-corrected chi connectivity index (χ3v) is 4.51. The Bertz CT molecular complexity index is 427. The molecule has 2 heterocycles. The number of hydrogen-bond donors (Lipinski definition) is 2. The molecule has 5 heteroatoms. The van der Waals surface area contributed by atoms with Crippen LogP contribution < -0.4 is 10.6 Å². The molecule has 1 unspecified atom stereocenters. The van der Waals surface area contributed by atoms with Crippen LogP contribution in [0.2, 0.25) is 0 Å². The first-order valence-electron chi connectivity index (χ1n) is 6.68. The van der Waals surface area contributed by atoms with Gasteiger partial charge in [0, 0.05) is 9.75 Å². The molecule has 1 aliphatic rings. The second kappa shape index (κ2) is 7.27. The highest BCUT2D eigenvalue weighted by atomic mass is 35.5. The second-order valence-corrected chi connectivity index (χ2v) is 6.56. The molecule has 1 aromatic heterocycles. The Kier molecular flexibility index (Phi) is 6.30. The molecule has 1 aromatic rings. The van der Waals surface area contributed by atoms with Gasteiger partial charge in [-0.05, 0) is 51.8 Å². The van der Waals surface area contributed by atoms with Crippen molar-refractivity contribution in [3.05, 3.63) is 21.4 Å². The van der Waals surface area contributed by atoms with E-state index in [1.165, 1.54) is 21.7 Å².